The first-order valence-electron chi connectivity index (χ1n) is 7.18. The average molecular weight is 343 g/mol. The van der Waals surface area contributed by atoms with Crippen LogP contribution in [0.2, 0.25) is 0 Å². The van der Waals surface area contributed by atoms with Crippen LogP contribution in [0.15, 0.2) is 30.3 Å². The lowest BCUT2D eigenvalue weighted by atomic mass is 10.0. The SMILES string of the molecule is O=C(N[C@H](Cc1ccccc1)C(=O)O)[C@@H](O)[C@H](O)[C@H](O)[C@H](O)CO. The number of benzene rings is 1. The molecule has 0 heterocycles. The van der Waals surface area contributed by atoms with Gasteiger partial charge in [-0.3, -0.25) is 4.79 Å². The number of aliphatic hydroxyl groups is 5. The molecule has 0 aliphatic carbocycles. The molecule has 9 nitrogen and oxygen atoms in total. The summed E-state index contributed by atoms with van der Waals surface area (Å²) in [7, 11) is 0. The van der Waals surface area contributed by atoms with Gasteiger partial charge in [-0.1, -0.05) is 30.3 Å². The summed E-state index contributed by atoms with van der Waals surface area (Å²) in [5, 5.41) is 57.9. The van der Waals surface area contributed by atoms with Crippen molar-refractivity contribution < 1.29 is 40.2 Å². The quantitative estimate of drug-likeness (QED) is 0.253. The third kappa shape index (κ3) is 5.55. The number of hydrogen-bond donors (Lipinski definition) is 7. The second-order valence-corrected chi connectivity index (χ2v) is 5.27. The lowest BCUT2D eigenvalue weighted by Crippen LogP contribution is -2.54. The molecule has 0 spiro atoms. The van der Waals surface area contributed by atoms with E-state index in [0.717, 1.165) is 0 Å². The average Bonchev–Trinajstić information content (AvgIpc) is 2.59. The molecule has 0 saturated carbocycles. The molecular formula is C15H21NO8. The van der Waals surface area contributed by atoms with E-state index in [1.165, 1.54) is 0 Å². The Morgan fingerprint density at radius 3 is 2.08 bits per heavy atom. The highest BCUT2D eigenvalue weighted by Gasteiger charge is 2.35. The van der Waals surface area contributed by atoms with Crippen LogP contribution < -0.4 is 5.32 Å². The predicted molar refractivity (Wildman–Crippen MR) is 80.8 cm³/mol. The first-order chi connectivity index (χ1) is 11.3. The fourth-order valence-electron chi connectivity index (χ4n) is 1.98. The maximum atomic E-state index is 11.9. The van der Waals surface area contributed by atoms with Crippen molar-refractivity contribution in [3.8, 4) is 0 Å². The minimum atomic E-state index is -2.18. The molecule has 0 saturated heterocycles. The van der Waals surface area contributed by atoms with E-state index in [1.807, 2.05) is 0 Å². The molecule has 134 valence electrons. The van der Waals surface area contributed by atoms with Crippen LogP contribution in [-0.2, 0) is 16.0 Å². The zero-order valence-corrected chi connectivity index (χ0v) is 12.7. The van der Waals surface area contributed by atoms with E-state index in [1.54, 1.807) is 30.3 Å². The topological polar surface area (TPSA) is 168 Å². The van der Waals surface area contributed by atoms with Gasteiger partial charge in [0.1, 0.15) is 24.4 Å². The van der Waals surface area contributed by atoms with Gasteiger partial charge >= 0.3 is 5.97 Å². The number of aliphatic hydroxyl groups excluding tert-OH is 5. The Morgan fingerprint density at radius 1 is 1.00 bits per heavy atom. The fraction of sp³-hybridized carbons (Fsp3) is 0.467. The number of carbonyl (C=O) groups excluding carboxylic acids is 1. The first kappa shape index (κ1) is 20.0. The lowest BCUT2D eigenvalue weighted by Gasteiger charge is -2.26. The summed E-state index contributed by atoms with van der Waals surface area (Å²) in [4.78, 5) is 23.1. The van der Waals surface area contributed by atoms with Gasteiger partial charge < -0.3 is 36.0 Å². The third-order valence-electron chi connectivity index (χ3n) is 3.42. The lowest BCUT2D eigenvalue weighted by molar-refractivity contribution is -0.152. The highest BCUT2D eigenvalue weighted by Crippen LogP contribution is 2.08. The normalized spacial score (nSPS) is 17.4. The van der Waals surface area contributed by atoms with Gasteiger partial charge in [0.2, 0.25) is 0 Å². The van der Waals surface area contributed by atoms with Crippen molar-refractivity contribution in [1.29, 1.82) is 0 Å². The van der Waals surface area contributed by atoms with Crippen LogP contribution in [0.1, 0.15) is 5.56 Å². The zero-order chi connectivity index (χ0) is 18.3. The van der Waals surface area contributed by atoms with Crippen molar-refractivity contribution in [2.24, 2.45) is 0 Å². The van der Waals surface area contributed by atoms with Gasteiger partial charge in [-0.2, -0.15) is 0 Å². The first-order valence-corrected chi connectivity index (χ1v) is 7.18. The van der Waals surface area contributed by atoms with Gasteiger partial charge in [0.05, 0.1) is 6.61 Å². The number of carboxylic acids is 1. The van der Waals surface area contributed by atoms with Crippen LogP contribution in [0.25, 0.3) is 0 Å². The standard InChI is InChI=1S/C15H21NO8/c17-7-10(18)11(19)12(20)13(21)14(22)16-9(15(23)24)6-8-4-2-1-3-5-8/h1-5,9-13,17-21H,6-7H2,(H,16,22)(H,23,24)/t9-,10-,11-,12-,13+/m1/s1. The summed E-state index contributed by atoms with van der Waals surface area (Å²) in [6.45, 7) is -0.891. The number of hydrogen-bond acceptors (Lipinski definition) is 7. The number of amides is 1. The number of nitrogens with one attached hydrogen (secondary N) is 1. The molecule has 7 N–H and O–H groups in total. The fourth-order valence-corrected chi connectivity index (χ4v) is 1.98. The van der Waals surface area contributed by atoms with E-state index in [2.05, 4.69) is 5.32 Å². The summed E-state index contributed by atoms with van der Waals surface area (Å²) < 4.78 is 0. The third-order valence-corrected chi connectivity index (χ3v) is 3.42. The van der Waals surface area contributed by atoms with Gasteiger partial charge in [-0.15, -0.1) is 0 Å². The Bertz CT molecular complexity index is 538. The minimum absolute atomic E-state index is 0.0491. The molecule has 24 heavy (non-hydrogen) atoms. The van der Waals surface area contributed by atoms with Gasteiger partial charge in [-0.25, -0.2) is 4.79 Å². The van der Waals surface area contributed by atoms with Gasteiger partial charge in [0.25, 0.3) is 5.91 Å². The molecular weight excluding hydrogens is 322 g/mol. The Kier molecular flexibility index (Phi) is 7.75. The van der Waals surface area contributed by atoms with Crippen LogP contribution in [0.3, 0.4) is 0 Å². The number of carbonyl (C=O) groups is 2. The van der Waals surface area contributed by atoms with E-state index in [4.69, 9.17) is 10.2 Å². The Labute approximate surface area is 137 Å². The summed E-state index contributed by atoms with van der Waals surface area (Å²) in [6, 6.07) is 7.10. The highest BCUT2D eigenvalue weighted by molar-refractivity contribution is 5.86. The molecule has 0 fully saturated rings. The smallest absolute Gasteiger partial charge is 0.326 e. The van der Waals surface area contributed by atoms with E-state index < -0.39 is 48.9 Å². The molecule has 1 amide bonds. The molecule has 1 aromatic rings. The second-order valence-electron chi connectivity index (χ2n) is 5.27. The van der Waals surface area contributed by atoms with E-state index in [0.29, 0.717) is 5.56 Å². The maximum Gasteiger partial charge on any atom is 0.326 e. The van der Waals surface area contributed by atoms with E-state index >= 15 is 0 Å². The van der Waals surface area contributed by atoms with Crippen molar-refractivity contribution in [3.05, 3.63) is 35.9 Å². The van der Waals surface area contributed by atoms with Crippen molar-refractivity contribution in [2.45, 2.75) is 36.9 Å². The highest BCUT2D eigenvalue weighted by atomic mass is 16.4. The molecule has 0 aromatic heterocycles. The predicted octanol–water partition coefficient (Wildman–Crippen LogP) is -2.77. The summed E-state index contributed by atoms with van der Waals surface area (Å²) >= 11 is 0. The van der Waals surface area contributed by atoms with E-state index in [-0.39, 0.29) is 6.42 Å². The zero-order valence-electron chi connectivity index (χ0n) is 12.7. The molecule has 0 aliphatic heterocycles. The Morgan fingerprint density at radius 2 is 1.58 bits per heavy atom. The Balaban J connectivity index is 2.72. The summed E-state index contributed by atoms with van der Waals surface area (Å²) in [5.41, 5.74) is 0.635. The molecule has 0 unspecified atom stereocenters. The molecule has 0 radical (unpaired) electrons. The molecule has 0 aliphatic rings. The van der Waals surface area contributed by atoms with Gasteiger partial charge in [0.15, 0.2) is 6.10 Å². The largest absolute Gasteiger partial charge is 0.480 e. The molecule has 9 heteroatoms. The monoisotopic (exact) mass is 343 g/mol. The maximum absolute atomic E-state index is 11.9. The van der Waals surface area contributed by atoms with Crippen LogP contribution in [0, 0.1) is 0 Å². The van der Waals surface area contributed by atoms with Crippen LogP contribution >= 0.6 is 0 Å². The number of carboxylic acid groups (broad SMARTS) is 1. The molecule has 5 atom stereocenters. The van der Waals surface area contributed by atoms with Gasteiger partial charge in [-0.05, 0) is 5.56 Å². The molecule has 1 rings (SSSR count). The van der Waals surface area contributed by atoms with Crippen molar-refractivity contribution in [2.75, 3.05) is 6.61 Å². The molecule has 1 aromatic carbocycles. The minimum Gasteiger partial charge on any atom is -0.480 e. The van der Waals surface area contributed by atoms with Crippen molar-refractivity contribution in [1.82, 2.24) is 5.32 Å². The van der Waals surface area contributed by atoms with Crippen LogP contribution in [0.4, 0.5) is 0 Å². The molecule has 0 bridgehead atoms. The summed E-state index contributed by atoms with van der Waals surface area (Å²) in [5.74, 6) is -2.57. The van der Waals surface area contributed by atoms with E-state index in [9.17, 15) is 30.0 Å². The van der Waals surface area contributed by atoms with Crippen LogP contribution in [-0.4, -0.2) is 79.6 Å². The number of aliphatic carboxylic acids is 1. The van der Waals surface area contributed by atoms with Crippen LogP contribution in [0.5, 0.6) is 0 Å². The van der Waals surface area contributed by atoms with Crippen molar-refractivity contribution in [3.63, 3.8) is 0 Å². The number of rotatable bonds is 9. The summed E-state index contributed by atoms with van der Waals surface area (Å²) in [6.07, 6.45) is -8.07. The Hall–Kier alpha value is -2.04. The van der Waals surface area contributed by atoms with Crippen molar-refractivity contribution >= 4 is 11.9 Å². The van der Waals surface area contributed by atoms with Gasteiger partial charge in [0, 0.05) is 6.42 Å². The second kappa shape index (κ2) is 9.30.